The molecule has 2 saturated heterocycles. The highest BCUT2D eigenvalue weighted by Gasteiger charge is 2.57. The van der Waals surface area contributed by atoms with E-state index in [1.54, 1.807) is 30.3 Å². The lowest BCUT2D eigenvalue weighted by Crippen LogP contribution is -2.46. The van der Waals surface area contributed by atoms with E-state index in [9.17, 15) is 34.9 Å². The van der Waals surface area contributed by atoms with Crippen molar-refractivity contribution in [2.75, 3.05) is 11.5 Å². The molecule has 0 unspecified atom stereocenters. The summed E-state index contributed by atoms with van der Waals surface area (Å²) >= 11 is 0. The molecule has 4 atom stereocenters. The zero-order valence-corrected chi connectivity index (χ0v) is 22.3. The third-order valence-corrected chi connectivity index (χ3v) is 8.35. The Bertz CT molecular complexity index is 1360. The maximum Gasteiger partial charge on any atom is 0.488 e. The number of fused-ring (bicyclic) bond motifs is 3. The van der Waals surface area contributed by atoms with Gasteiger partial charge in [0.1, 0.15) is 5.75 Å². The predicted octanol–water partition coefficient (Wildman–Crippen LogP) is 1.64. The molecule has 2 heterocycles. The van der Waals surface area contributed by atoms with E-state index < -0.39 is 49.9 Å². The Balaban J connectivity index is 1.42. The maximum atomic E-state index is 13.8. The van der Waals surface area contributed by atoms with Crippen molar-refractivity contribution in [3.63, 3.8) is 0 Å². The van der Waals surface area contributed by atoms with Crippen LogP contribution in [0.1, 0.15) is 38.2 Å². The molecule has 3 aliphatic rings. The Labute approximate surface area is 233 Å². The van der Waals surface area contributed by atoms with Crippen molar-refractivity contribution in [3.8, 4) is 5.75 Å². The molecule has 208 valence electrons. The number of imide groups is 1. The molecule has 2 aromatic rings. The minimum atomic E-state index is -1.75. The molecule has 11 heteroatoms. The predicted molar refractivity (Wildman–Crippen MR) is 151 cm³/mol. The molecule has 0 radical (unpaired) electrons. The largest absolute Gasteiger partial charge is 0.508 e. The molecule has 9 nitrogen and oxygen atoms in total. The Hall–Kier alpha value is -3.21. The topological polar surface area (TPSA) is 148 Å². The van der Waals surface area contributed by atoms with Gasteiger partial charge in [0.2, 0.25) is 11.8 Å². The molecule has 2 amide bonds. The highest BCUT2D eigenvalue weighted by molar-refractivity contribution is 6.58. The minimum Gasteiger partial charge on any atom is -0.508 e. The van der Waals surface area contributed by atoms with E-state index in [-0.39, 0.29) is 36.2 Å². The minimum absolute atomic E-state index is 0.137. The summed E-state index contributed by atoms with van der Waals surface area (Å²) < 4.78 is 5.97. The molecule has 2 fully saturated rings. The number of carbonyl (C=O) groups is 2. The van der Waals surface area contributed by atoms with Gasteiger partial charge < -0.3 is 29.9 Å². The van der Waals surface area contributed by atoms with Crippen molar-refractivity contribution >= 4 is 43.3 Å². The summed E-state index contributed by atoms with van der Waals surface area (Å²) in [6.07, 6.45) is 3.77. The SMILES string of the molecule is CC/C(=C\c1cccc(O)c1)CC[C@H]1OB(O)C[C@H]2C1=C(CO)C[C@H]1C(=O)N(c3cccc(B(O)O)c3)C(=O)[C@H]12. The van der Waals surface area contributed by atoms with E-state index >= 15 is 0 Å². The molecule has 0 aromatic heterocycles. The molecular formula is C29H33B2NO8. The second-order valence-corrected chi connectivity index (χ2v) is 10.7. The Morgan fingerprint density at radius 1 is 1.12 bits per heavy atom. The fourth-order valence-corrected chi connectivity index (χ4v) is 6.51. The number of aliphatic hydroxyl groups is 1. The highest BCUT2D eigenvalue weighted by Crippen LogP contribution is 2.51. The quantitative estimate of drug-likeness (QED) is 0.191. The Kier molecular flexibility index (Phi) is 8.30. The molecule has 2 aromatic carbocycles. The lowest BCUT2D eigenvalue weighted by Gasteiger charge is -2.43. The normalized spacial score (nSPS) is 24.9. The van der Waals surface area contributed by atoms with Crippen molar-refractivity contribution in [1.82, 2.24) is 0 Å². The summed E-state index contributed by atoms with van der Waals surface area (Å²) in [6.45, 7) is 1.76. The molecule has 0 spiro atoms. The summed E-state index contributed by atoms with van der Waals surface area (Å²) in [5.41, 5.74) is 3.88. The van der Waals surface area contributed by atoms with Crippen LogP contribution < -0.4 is 10.4 Å². The maximum absolute atomic E-state index is 13.8. The standard InChI is InChI=1S/C29H33B2NO8/c1-2-17(11-18-5-3-8-22(34)12-18)9-10-25-26-19(16-33)13-23-27(24(26)15-30(37)40-25)29(36)32(28(23)35)21-7-4-6-20(14-21)31(38)39/h3-8,11-12,14,23-25,27,33-34,37-39H,2,9-10,13,15-16H2,1H3/b17-11+/t23-,24+,25-,27-/m1/s1. The molecule has 5 rings (SSSR count). The van der Waals surface area contributed by atoms with Gasteiger partial charge in [0, 0.05) is 0 Å². The number of rotatable bonds is 8. The third-order valence-electron chi connectivity index (χ3n) is 8.35. The first-order valence-electron chi connectivity index (χ1n) is 13.7. The van der Waals surface area contributed by atoms with Crippen LogP contribution in [0.4, 0.5) is 5.69 Å². The van der Waals surface area contributed by atoms with E-state index in [0.717, 1.165) is 28.0 Å². The average Bonchev–Trinajstić information content (AvgIpc) is 3.19. The van der Waals surface area contributed by atoms with Gasteiger partial charge in [0.25, 0.3) is 0 Å². The number of phenols is 1. The molecule has 2 aliphatic heterocycles. The molecule has 1 aliphatic carbocycles. The number of aromatic hydroxyl groups is 1. The van der Waals surface area contributed by atoms with Gasteiger partial charge in [-0.15, -0.1) is 0 Å². The van der Waals surface area contributed by atoms with E-state index in [0.29, 0.717) is 18.4 Å². The second kappa shape index (κ2) is 11.7. The number of hydrogen-bond acceptors (Lipinski definition) is 8. The smallest absolute Gasteiger partial charge is 0.488 e. The molecule has 0 saturated carbocycles. The van der Waals surface area contributed by atoms with Gasteiger partial charge in [-0.05, 0) is 84.4 Å². The van der Waals surface area contributed by atoms with Crippen LogP contribution in [0.5, 0.6) is 5.75 Å². The average molecular weight is 545 g/mol. The van der Waals surface area contributed by atoms with Crippen LogP contribution in [0, 0.1) is 17.8 Å². The zero-order chi connectivity index (χ0) is 28.6. The molecule has 0 bridgehead atoms. The first-order chi connectivity index (χ1) is 19.2. The zero-order valence-electron chi connectivity index (χ0n) is 22.3. The lowest BCUT2D eigenvalue weighted by atomic mass is 9.58. The van der Waals surface area contributed by atoms with Crippen molar-refractivity contribution in [3.05, 3.63) is 70.8 Å². The first kappa shape index (κ1) is 28.3. The number of aliphatic hydroxyl groups excluding tert-OH is 1. The van der Waals surface area contributed by atoms with Crippen LogP contribution in [0.25, 0.3) is 6.08 Å². The van der Waals surface area contributed by atoms with Crippen molar-refractivity contribution < 1.29 is 39.5 Å². The van der Waals surface area contributed by atoms with Crippen LogP contribution in [0.3, 0.4) is 0 Å². The number of carbonyl (C=O) groups excluding carboxylic acids is 2. The first-order valence-corrected chi connectivity index (χ1v) is 13.7. The number of benzene rings is 2. The second-order valence-electron chi connectivity index (χ2n) is 10.7. The summed E-state index contributed by atoms with van der Waals surface area (Å²) in [5, 5.41) is 50.0. The fraction of sp³-hybridized carbons (Fsp3) is 0.379. The number of amides is 2. The van der Waals surface area contributed by atoms with Gasteiger partial charge in [-0.2, -0.15) is 0 Å². The van der Waals surface area contributed by atoms with Crippen LogP contribution in [-0.4, -0.2) is 64.0 Å². The van der Waals surface area contributed by atoms with E-state index in [1.165, 1.54) is 12.1 Å². The summed E-state index contributed by atoms with van der Waals surface area (Å²) in [5.74, 6) is -2.48. The van der Waals surface area contributed by atoms with Crippen LogP contribution >= 0.6 is 0 Å². The van der Waals surface area contributed by atoms with Crippen LogP contribution in [0.15, 0.2) is 65.3 Å². The Morgan fingerprint density at radius 2 is 1.90 bits per heavy atom. The monoisotopic (exact) mass is 545 g/mol. The lowest BCUT2D eigenvalue weighted by molar-refractivity contribution is -0.122. The highest BCUT2D eigenvalue weighted by atomic mass is 16.5. The van der Waals surface area contributed by atoms with E-state index in [2.05, 4.69) is 0 Å². The Morgan fingerprint density at radius 3 is 2.60 bits per heavy atom. The molecule has 5 N–H and O–H groups in total. The van der Waals surface area contributed by atoms with Gasteiger partial charge in [0.05, 0.1) is 30.2 Å². The third kappa shape index (κ3) is 5.40. The summed E-state index contributed by atoms with van der Waals surface area (Å²) in [4.78, 5) is 28.4. The van der Waals surface area contributed by atoms with E-state index in [1.807, 2.05) is 19.1 Å². The summed E-state index contributed by atoms with van der Waals surface area (Å²) in [6, 6.07) is 13.0. The van der Waals surface area contributed by atoms with Crippen molar-refractivity contribution in [2.45, 2.75) is 45.0 Å². The number of allylic oxidation sites excluding steroid dienone is 1. The van der Waals surface area contributed by atoms with Gasteiger partial charge in [-0.3, -0.25) is 14.5 Å². The fourth-order valence-electron chi connectivity index (χ4n) is 6.51. The van der Waals surface area contributed by atoms with E-state index in [4.69, 9.17) is 4.65 Å². The molecule has 40 heavy (non-hydrogen) atoms. The van der Waals surface area contributed by atoms with Crippen LogP contribution in [-0.2, 0) is 14.2 Å². The van der Waals surface area contributed by atoms with Gasteiger partial charge in [0.15, 0.2) is 0 Å². The van der Waals surface area contributed by atoms with Gasteiger partial charge >= 0.3 is 14.2 Å². The van der Waals surface area contributed by atoms with Gasteiger partial charge in [-0.25, -0.2) is 0 Å². The molecular weight excluding hydrogens is 512 g/mol. The number of nitrogens with zero attached hydrogens (tertiary/aromatic N) is 1. The summed E-state index contributed by atoms with van der Waals surface area (Å²) in [7, 11) is -2.87. The van der Waals surface area contributed by atoms with Gasteiger partial charge in [-0.1, -0.05) is 42.8 Å². The number of anilines is 1. The number of phenolic OH excluding ortho intramolecular Hbond substituents is 1. The van der Waals surface area contributed by atoms with Crippen molar-refractivity contribution in [2.24, 2.45) is 17.8 Å². The van der Waals surface area contributed by atoms with Crippen LogP contribution in [0.2, 0.25) is 6.32 Å². The number of hydrogen-bond donors (Lipinski definition) is 5. The van der Waals surface area contributed by atoms with Crippen molar-refractivity contribution in [1.29, 1.82) is 0 Å².